The van der Waals surface area contributed by atoms with Crippen molar-refractivity contribution < 1.29 is 9.53 Å². The summed E-state index contributed by atoms with van der Waals surface area (Å²) in [6.45, 7) is 3.39. The van der Waals surface area contributed by atoms with E-state index in [0.717, 1.165) is 19.3 Å². The van der Waals surface area contributed by atoms with Crippen LogP contribution in [-0.2, 0) is 9.53 Å². The van der Waals surface area contributed by atoms with Crippen molar-refractivity contribution in [2.45, 2.75) is 45.1 Å². The van der Waals surface area contributed by atoms with Crippen LogP contribution in [0.3, 0.4) is 0 Å². The van der Waals surface area contributed by atoms with Crippen LogP contribution in [0.1, 0.15) is 39.5 Å². The third-order valence-corrected chi connectivity index (χ3v) is 1.92. The first-order chi connectivity index (χ1) is 6.60. The highest BCUT2D eigenvalue weighted by molar-refractivity contribution is 5.67. The minimum Gasteiger partial charge on any atom is -0.435 e. The Kier molecular flexibility index (Phi) is 5.49. The van der Waals surface area contributed by atoms with Gasteiger partial charge in [-0.2, -0.15) is 0 Å². The number of terminal acetylenes is 2. The minimum absolute atomic E-state index is 0.433. The van der Waals surface area contributed by atoms with Crippen molar-refractivity contribution in [3.05, 3.63) is 0 Å². The van der Waals surface area contributed by atoms with E-state index < -0.39 is 11.6 Å². The molecule has 0 aromatic carbocycles. The molecule has 0 saturated carbocycles. The first-order valence-electron chi connectivity index (χ1n) is 4.75. The average molecular weight is 192 g/mol. The summed E-state index contributed by atoms with van der Waals surface area (Å²) in [6, 6.07) is 0. The normalized spacial score (nSPS) is 10.0. The molecule has 76 valence electrons. The number of hydrogen-bond acceptors (Lipinski definition) is 2. The summed E-state index contributed by atoms with van der Waals surface area (Å²) < 4.78 is 4.97. The molecule has 0 bridgehead atoms. The lowest BCUT2D eigenvalue weighted by Gasteiger charge is -2.21. The van der Waals surface area contributed by atoms with E-state index in [1.807, 2.05) is 0 Å². The van der Waals surface area contributed by atoms with Gasteiger partial charge in [-0.3, -0.25) is 4.79 Å². The molecule has 0 N–H and O–H groups in total. The van der Waals surface area contributed by atoms with Gasteiger partial charge in [-0.1, -0.05) is 19.8 Å². The van der Waals surface area contributed by atoms with Gasteiger partial charge in [0, 0.05) is 13.3 Å². The lowest BCUT2D eigenvalue weighted by molar-refractivity contribution is -0.148. The third kappa shape index (κ3) is 4.01. The van der Waals surface area contributed by atoms with Crippen LogP contribution in [-0.4, -0.2) is 11.6 Å². The molecule has 0 fully saturated rings. The molecule has 2 heteroatoms. The average Bonchev–Trinajstić information content (AvgIpc) is 2.16. The number of rotatable bonds is 5. The zero-order valence-electron chi connectivity index (χ0n) is 8.80. The van der Waals surface area contributed by atoms with Gasteiger partial charge in [0.15, 0.2) is 0 Å². The van der Waals surface area contributed by atoms with E-state index in [-0.39, 0.29) is 0 Å². The fourth-order valence-electron chi connectivity index (χ4n) is 1.17. The Hall–Kier alpha value is -1.41. The molecule has 0 aliphatic rings. The van der Waals surface area contributed by atoms with Gasteiger partial charge in [-0.15, -0.1) is 12.8 Å². The molecule has 0 aliphatic heterocycles. The van der Waals surface area contributed by atoms with Gasteiger partial charge in [-0.25, -0.2) is 0 Å². The molecule has 14 heavy (non-hydrogen) atoms. The van der Waals surface area contributed by atoms with E-state index >= 15 is 0 Å². The fourth-order valence-corrected chi connectivity index (χ4v) is 1.17. The summed E-state index contributed by atoms with van der Waals surface area (Å²) in [5.74, 6) is 4.32. The second-order valence-electron chi connectivity index (χ2n) is 3.17. The summed E-state index contributed by atoms with van der Waals surface area (Å²) in [7, 11) is 0. The van der Waals surface area contributed by atoms with Crippen molar-refractivity contribution in [3.8, 4) is 24.7 Å². The molecule has 0 amide bonds. The predicted octanol–water partition coefficient (Wildman–Crippen LogP) is 2.13. The number of ether oxygens (including phenoxy) is 1. The highest BCUT2D eigenvalue weighted by Crippen LogP contribution is 2.18. The molecule has 0 unspecified atom stereocenters. The maximum Gasteiger partial charge on any atom is 0.304 e. The Labute approximate surface area is 86.0 Å². The van der Waals surface area contributed by atoms with Crippen LogP contribution < -0.4 is 0 Å². The van der Waals surface area contributed by atoms with E-state index in [0.29, 0.717) is 6.42 Å². The second kappa shape index (κ2) is 6.11. The first-order valence-corrected chi connectivity index (χ1v) is 4.75. The van der Waals surface area contributed by atoms with Crippen molar-refractivity contribution in [1.29, 1.82) is 0 Å². The van der Waals surface area contributed by atoms with Gasteiger partial charge < -0.3 is 4.74 Å². The van der Waals surface area contributed by atoms with Crippen LogP contribution in [0.4, 0.5) is 0 Å². The lowest BCUT2D eigenvalue weighted by Crippen LogP contribution is -2.30. The van der Waals surface area contributed by atoms with Crippen LogP contribution in [0.2, 0.25) is 0 Å². The van der Waals surface area contributed by atoms with Gasteiger partial charge in [0.2, 0.25) is 5.60 Å². The van der Waals surface area contributed by atoms with Crippen LogP contribution in [0.5, 0.6) is 0 Å². The number of carbonyl (C=O) groups is 1. The van der Waals surface area contributed by atoms with Crippen molar-refractivity contribution >= 4 is 5.97 Å². The third-order valence-electron chi connectivity index (χ3n) is 1.92. The number of hydrogen-bond donors (Lipinski definition) is 0. The molecule has 0 aliphatic carbocycles. The van der Waals surface area contributed by atoms with Gasteiger partial charge in [0.25, 0.3) is 0 Å². The first kappa shape index (κ1) is 12.6. The van der Waals surface area contributed by atoms with Gasteiger partial charge in [0.05, 0.1) is 0 Å². The molecule has 0 atom stereocenters. The molecule has 2 nitrogen and oxygen atoms in total. The van der Waals surface area contributed by atoms with Crippen molar-refractivity contribution in [1.82, 2.24) is 0 Å². The van der Waals surface area contributed by atoms with E-state index in [1.54, 1.807) is 0 Å². The standard InChI is InChI=1S/C12H16O2/c1-5-8-9-10-12(6-2,7-3)14-11(4)13/h2-3H,5,8-10H2,1,4H3. The zero-order chi connectivity index (χ0) is 11.0. The Bertz CT molecular complexity index is 251. The maximum atomic E-state index is 10.8. The molecule has 0 spiro atoms. The highest BCUT2D eigenvalue weighted by atomic mass is 16.6. The Morgan fingerprint density at radius 3 is 2.29 bits per heavy atom. The van der Waals surface area contributed by atoms with Gasteiger partial charge in [0.1, 0.15) is 0 Å². The molecule has 0 saturated heterocycles. The zero-order valence-corrected chi connectivity index (χ0v) is 8.80. The summed E-state index contributed by atoms with van der Waals surface area (Å²) >= 11 is 0. The van der Waals surface area contributed by atoms with E-state index in [4.69, 9.17) is 17.6 Å². The van der Waals surface area contributed by atoms with Crippen molar-refractivity contribution in [3.63, 3.8) is 0 Å². The van der Waals surface area contributed by atoms with Crippen LogP contribution in [0.15, 0.2) is 0 Å². The van der Waals surface area contributed by atoms with Crippen LogP contribution in [0, 0.1) is 24.7 Å². The summed E-state index contributed by atoms with van der Waals surface area (Å²) in [6.07, 6.45) is 14.1. The quantitative estimate of drug-likeness (QED) is 0.379. The number of unbranched alkanes of at least 4 members (excludes halogenated alkanes) is 2. The largest absolute Gasteiger partial charge is 0.435 e. The Morgan fingerprint density at radius 2 is 1.93 bits per heavy atom. The maximum absolute atomic E-state index is 10.8. The minimum atomic E-state index is -1.14. The van der Waals surface area contributed by atoms with Gasteiger partial charge in [-0.05, 0) is 18.3 Å². The van der Waals surface area contributed by atoms with E-state index in [9.17, 15) is 4.79 Å². The molecule has 0 heterocycles. The summed E-state index contributed by atoms with van der Waals surface area (Å²) in [4.78, 5) is 10.8. The summed E-state index contributed by atoms with van der Waals surface area (Å²) in [5.41, 5.74) is -1.14. The highest BCUT2D eigenvalue weighted by Gasteiger charge is 2.27. The number of carbonyl (C=O) groups excluding carboxylic acids is 1. The van der Waals surface area contributed by atoms with E-state index in [2.05, 4.69) is 18.8 Å². The molecule has 0 aromatic rings. The molecular weight excluding hydrogens is 176 g/mol. The lowest BCUT2D eigenvalue weighted by atomic mass is 9.98. The smallest absolute Gasteiger partial charge is 0.304 e. The van der Waals surface area contributed by atoms with Crippen molar-refractivity contribution in [2.24, 2.45) is 0 Å². The Balaban J connectivity index is 4.34. The fraction of sp³-hybridized carbons (Fsp3) is 0.583. The van der Waals surface area contributed by atoms with Gasteiger partial charge >= 0.3 is 5.97 Å². The molecule has 0 aromatic heterocycles. The SMILES string of the molecule is C#CC(C#C)(CCCCC)OC(C)=O. The molecule has 0 radical (unpaired) electrons. The molecular formula is C12H16O2. The second-order valence-corrected chi connectivity index (χ2v) is 3.17. The van der Waals surface area contributed by atoms with Crippen LogP contribution in [0.25, 0.3) is 0 Å². The predicted molar refractivity (Wildman–Crippen MR) is 56.3 cm³/mol. The topological polar surface area (TPSA) is 26.3 Å². The Morgan fingerprint density at radius 1 is 1.36 bits per heavy atom. The molecule has 0 rings (SSSR count). The number of esters is 1. The monoisotopic (exact) mass is 192 g/mol. The van der Waals surface area contributed by atoms with Crippen LogP contribution >= 0.6 is 0 Å². The van der Waals surface area contributed by atoms with Crippen molar-refractivity contribution in [2.75, 3.05) is 0 Å². The summed E-state index contributed by atoms with van der Waals surface area (Å²) in [5, 5.41) is 0. The van der Waals surface area contributed by atoms with E-state index in [1.165, 1.54) is 6.92 Å².